The van der Waals surface area contributed by atoms with E-state index in [0.717, 1.165) is 50.6 Å². The van der Waals surface area contributed by atoms with Crippen molar-refractivity contribution in [1.29, 1.82) is 0 Å². The van der Waals surface area contributed by atoms with Crippen LogP contribution in [0.5, 0.6) is 5.75 Å². The van der Waals surface area contributed by atoms with Gasteiger partial charge in [0.05, 0.1) is 5.69 Å². The second-order valence-corrected chi connectivity index (χ2v) is 12.3. The number of hydrogen-bond acceptors (Lipinski definition) is 6. The van der Waals surface area contributed by atoms with Gasteiger partial charge >= 0.3 is 0 Å². The number of nitrogens with zero attached hydrogens (tertiary/aromatic N) is 1. The summed E-state index contributed by atoms with van der Waals surface area (Å²) in [5.41, 5.74) is 9.39. The summed E-state index contributed by atoms with van der Waals surface area (Å²) in [7, 11) is 0. The van der Waals surface area contributed by atoms with Gasteiger partial charge in [0.1, 0.15) is 5.75 Å². The van der Waals surface area contributed by atoms with Crippen molar-refractivity contribution < 1.29 is 23.9 Å². The van der Waals surface area contributed by atoms with Crippen LogP contribution in [0.1, 0.15) is 75.2 Å². The summed E-state index contributed by atoms with van der Waals surface area (Å²) in [4.78, 5) is 52.4. The Balaban J connectivity index is 1.01. The summed E-state index contributed by atoms with van der Waals surface area (Å²) in [6, 6.07) is 19.3. The number of carbonyl (C=O) groups is 4. The van der Waals surface area contributed by atoms with Gasteiger partial charge in [-0.1, -0.05) is 12.1 Å². The van der Waals surface area contributed by atoms with Crippen molar-refractivity contribution in [1.82, 2.24) is 10.2 Å². The van der Waals surface area contributed by atoms with Crippen LogP contribution in [0.2, 0.25) is 0 Å². The highest BCUT2D eigenvalue weighted by atomic mass is 16.5. The molecule has 234 valence electrons. The molecule has 0 atom stereocenters. The lowest BCUT2D eigenvalue weighted by Crippen LogP contribution is -2.33. The van der Waals surface area contributed by atoms with Crippen molar-refractivity contribution >= 4 is 35.0 Å². The minimum atomic E-state index is -0.261. The number of nitrogens with one attached hydrogen (secondary N) is 3. The van der Waals surface area contributed by atoms with Crippen LogP contribution < -0.4 is 26.4 Å². The van der Waals surface area contributed by atoms with E-state index in [9.17, 15) is 19.2 Å². The molecule has 0 radical (unpaired) electrons. The fourth-order valence-corrected chi connectivity index (χ4v) is 6.00. The van der Waals surface area contributed by atoms with Gasteiger partial charge < -0.3 is 31.3 Å². The van der Waals surface area contributed by atoms with Gasteiger partial charge in [-0.3, -0.25) is 19.2 Å². The third-order valence-corrected chi connectivity index (χ3v) is 8.93. The first kappa shape index (κ1) is 30.3. The van der Waals surface area contributed by atoms with E-state index in [0.29, 0.717) is 58.7 Å². The second kappa shape index (κ2) is 13.5. The lowest BCUT2D eigenvalue weighted by Gasteiger charge is -2.27. The molecule has 1 heterocycles. The SMILES string of the molecule is NCC1CCC(CNC(=O)c2ccc(NC(=O)c3ccc(CN(C(=O)c4ccc5c(c4)OCC(=O)N5)C4CC4)cc3)cc2)CC1. The maximum absolute atomic E-state index is 13.4. The molecule has 3 aliphatic rings. The van der Waals surface area contributed by atoms with Crippen molar-refractivity contribution in [3.63, 3.8) is 0 Å². The quantitative estimate of drug-likeness (QED) is 0.265. The van der Waals surface area contributed by atoms with Gasteiger partial charge in [0, 0.05) is 41.5 Å². The van der Waals surface area contributed by atoms with Gasteiger partial charge in [-0.15, -0.1) is 0 Å². The Bertz CT molecular complexity index is 1560. The predicted molar refractivity (Wildman–Crippen MR) is 171 cm³/mol. The summed E-state index contributed by atoms with van der Waals surface area (Å²) >= 11 is 0. The summed E-state index contributed by atoms with van der Waals surface area (Å²) in [5, 5.41) is 8.68. The molecule has 0 unspecified atom stereocenters. The predicted octanol–water partition coefficient (Wildman–Crippen LogP) is 4.57. The van der Waals surface area contributed by atoms with Crippen molar-refractivity contribution in [3.05, 3.63) is 89.0 Å². The minimum Gasteiger partial charge on any atom is -0.482 e. The molecule has 0 aromatic heterocycles. The number of carbonyl (C=O) groups excluding carboxylic acids is 4. The number of rotatable bonds is 10. The van der Waals surface area contributed by atoms with E-state index in [1.165, 1.54) is 0 Å². The van der Waals surface area contributed by atoms with Crippen molar-refractivity contribution in [2.24, 2.45) is 17.6 Å². The molecule has 2 saturated carbocycles. The number of fused-ring (bicyclic) bond motifs is 1. The number of anilines is 2. The van der Waals surface area contributed by atoms with E-state index in [1.54, 1.807) is 54.6 Å². The summed E-state index contributed by atoms with van der Waals surface area (Å²) in [5.74, 6) is 0.898. The van der Waals surface area contributed by atoms with E-state index < -0.39 is 0 Å². The highest BCUT2D eigenvalue weighted by Gasteiger charge is 2.33. The molecule has 0 bridgehead atoms. The smallest absolute Gasteiger partial charge is 0.262 e. The molecule has 6 rings (SSSR count). The molecule has 10 nitrogen and oxygen atoms in total. The standard InChI is InChI=1S/C35H39N5O5/c36-18-22-1-3-23(4-2-22)19-37-33(42)25-9-12-28(13-10-25)38-34(43)26-7-5-24(6-8-26)20-40(29-14-15-29)35(44)27-11-16-30-31(17-27)45-21-32(41)39-30/h5-13,16-17,22-23,29H,1-4,14-15,18-21,36H2,(H,37,42)(H,38,43)(H,39,41). The first-order chi connectivity index (χ1) is 21.9. The molecule has 45 heavy (non-hydrogen) atoms. The number of nitrogens with two attached hydrogens (primary N) is 1. The highest BCUT2D eigenvalue weighted by molar-refractivity contribution is 6.04. The Kier molecular flexibility index (Phi) is 9.11. The van der Waals surface area contributed by atoms with Crippen LogP contribution in [-0.2, 0) is 11.3 Å². The zero-order chi connectivity index (χ0) is 31.3. The largest absolute Gasteiger partial charge is 0.482 e. The Morgan fingerprint density at radius 3 is 2.16 bits per heavy atom. The van der Waals surface area contributed by atoms with Crippen LogP contribution in [0.15, 0.2) is 66.7 Å². The molecule has 3 aromatic rings. The molecule has 1 aliphatic heterocycles. The van der Waals surface area contributed by atoms with Crippen LogP contribution >= 0.6 is 0 Å². The van der Waals surface area contributed by atoms with Gasteiger partial charge in [-0.05, 0) is 117 Å². The molecule has 0 spiro atoms. The molecule has 5 N–H and O–H groups in total. The van der Waals surface area contributed by atoms with Crippen LogP contribution in [0.4, 0.5) is 11.4 Å². The monoisotopic (exact) mass is 609 g/mol. The number of amides is 4. The fourth-order valence-electron chi connectivity index (χ4n) is 6.00. The van der Waals surface area contributed by atoms with Gasteiger partial charge in [0.2, 0.25) is 0 Å². The molecule has 2 fully saturated rings. The van der Waals surface area contributed by atoms with E-state index >= 15 is 0 Å². The zero-order valence-corrected chi connectivity index (χ0v) is 25.2. The molecule has 2 aliphatic carbocycles. The average Bonchev–Trinajstić information content (AvgIpc) is 3.92. The Hall–Kier alpha value is -4.70. The van der Waals surface area contributed by atoms with Crippen LogP contribution in [-0.4, -0.2) is 54.3 Å². The molecule has 3 aromatic carbocycles. The molecule has 10 heteroatoms. The summed E-state index contributed by atoms with van der Waals surface area (Å²) < 4.78 is 5.49. The lowest BCUT2D eigenvalue weighted by molar-refractivity contribution is -0.118. The van der Waals surface area contributed by atoms with Crippen molar-refractivity contribution in [2.75, 3.05) is 30.3 Å². The Morgan fingerprint density at radius 2 is 1.47 bits per heavy atom. The number of benzene rings is 3. The lowest BCUT2D eigenvalue weighted by atomic mass is 9.82. The first-order valence-corrected chi connectivity index (χ1v) is 15.7. The van der Waals surface area contributed by atoms with Gasteiger partial charge in [-0.2, -0.15) is 0 Å². The molecular weight excluding hydrogens is 570 g/mol. The first-order valence-electron chi connectivity index (χ1n) is 15.7. The third kappa shape index (κ3) is 7.51. The minimum absolute atomic E-state index is 0.0729. The van der Waals surface area contributed by atoms with Crippen LogP contribution in [0, 0.1) is 11.8 Å². The average molecular weight is 610 g/mol. The second-order valence-electron chi connectivity index (χ2n) is 12.3. The zero-order valence-electron chi connectivity index (χ0n) is 25.2. The normalized spacial score (nSPS) is 19.0. The topological polar surface area (TPSA) is 143 Å². The Morgan fingerprint density at radius 1 is 0.822 bits per heavy atom. The van der Waals surface area contributed by atoms with Crippen molar-refractivity contribution in [2.45, 2.75) is 51.1 Å². The van der Waals surface area contributed by atoms with Gasteiger partial charge in [0.25, 0.3) is 23.6 Å². The third-order valence-electron chi connectivity index (χ3n) is 8.93. The molecule has 0 saturated heterocycles. The van der Waals surface area contributed by atoms with Gasteiger partial charge in [0.15, 0.2) is 6.61 Å². The fraction of sp³-hybridized carbons (Fsp3) is 0.371. The number of hydrogen-bond donors (Lipinski definition) is 4. The number of ether oxygens (including phenoxy) is 1. The highest BCUT2D eigenvalue weighted by Crippen LogP contribution is 2.33. The van der Waals surface area contributed by atoms with Crippen LogP contribution in [0.25, 0.3) is 0 Å². The summed E-state index contributed by atoms with van der Waals surface area (Å²) in [6.45, 7) is 1.75. The van der Waals surface area contributed by atoms with E-state index in [1.807, 2.05) is 17.0 Å². The van der Waals surface area contributed by atoms with E-state index in [-0.39, 0.29) is 36.3 Å². The maximum Gasteiger partial charge on any atom is 0.262 e. The van der Waals surface area contributed by atoms with E-state index in [2.05, 4.69) is 16.0 Å². The van der Waals surface area contributed by atoms with E-state index in [4.69, 9.17) is 10.5 Å². The van der Waals surface area contributed by atoms with Gasteiger partial charge in [-0.25, -0.2) is 0 Å². The molecule has 4 amide bonds. The summed E-state index contributed by atoms with van der Waals surface area (Å²) in [6.07, 6.45) is 6.34. The maximum atomic E-state index is 13.4. The van der Waals surface area contributed by atoms with Crippen molar-refractivity contribution in [3.8, 4) is 5.75 Å². The molecular formula is C35H39N5O5. The Labute approximate surface area is 262 Å². The van der Waals surface area contributed by atoms with Crippen LogP contribution in [0.3, 0.4) is 0 Å².